The van der Waals surface area contributed by atoms with Gasteiger partial charge in [0.2, 0.25) is 5.91 Å². The van der Waals surface area contributed by atoms with Gasteiger partial charge in [0, 0.05) is 17.5 Å². The summed E-state index contributed by atoms with van der Waals surface area (Å²) in [5, 5.41) is 5.88. The van der Waals surface area contributed by atoms with E-state index >= 15 is 0 Å². The molecule has 0 atom stereocenters. The molecule has 1 N–H and O–H groups in total. The number of carbonyl (C=O) groups excluding carboxylic acids is 1. The fourth-order valence-electron chi connectivity index (χ4n) is 2.79. The molecule has 1 aromatic heterocycles. The molecule has 4 rings (SSSR count). The van der Waals surface area contributed by atoms with Crippen molar-refractivity contribution in [2.75, 3.05) is 18.5 Å². The first kappa shape index (κ1) is 19.5. The van der Waals surface area contributed by atoms with Crippen LogP contribution >= 0.6 is 22.9 Å². The van der Waals surface area contributed by atoms with Gasteiger partial charge in [-0.05, 0) is 19.1 Å². The third-order valence-corrected chi connectivity index (χ3v) is 5.41. The normalized spacial score (nSPS) is 12.5. The zero-order chi connectivity index (χ0) is 20.2. The van der Waals surface area contributed by atoms with Crippen molar-refractivity contribution in [1.82, 2.24) is 4.98 Å². The van der Waals surface area contributed by atoms with Crippen LogP contribution in [-0.2, 0) is 17.8 Å². The minimum absolute atomic E-state index is 0.145. The number of nitrogens with zero attached hydrogens (tertiary/aromatic N) is 1. The highest BCUT2D eigenvalue weighted by Crippen LogP contribution is 2.38. The Morgan fingerprint density at radius 3 is 2.69 bits per heavy atom. The summed E-state index contributed by atoms with van der Waals surface area (Å²) in [5.74, 6) is 1.73. The molecule has 2 aromatic carbocycles. The molecule has 1 aliphatic heterocycles. The van der Waals surface area contributed by atoms with Gasteiger partial charge in [-0.3, -0.25) is 4.79 Å². The van der Waals surface area contributed by atoms with E-state index in [1.54, 1.807) is 12.1 Å². The Bertz CT molecular complexity index is 1020. The number of thiazole rings is 1. The van der Waals surface area contributed by atoms with Crippen LogP contribution < -0.4 is 19.5 Å². The summed E-state index contributed by atoms with van der Waals surface area (Å²) < 4.78 is 16.7. The summed E-state index contributed by atoms with van der Waals surface area (Å²) >= 11 is 7.70. The van der Waals surface area contributed by atoms with E-state index in [1.807, 2.05) is 36.6 Å². The molecule has 0 radical (unpaired) electrons. The van der Waals surface area contributed by atoms with Crippen LogP contribution in [0, 0.1) is 6.92 Å². The number of aryl methyl sites for hydroxylation is 1. The number of rotatable bonds is 6. The fraction of sp³-hybridized carbons (Fsp3) is 0.238. The summed E-state index contributed by atoms with van der Waals surface area (Å²) in [5.41, 5.74) is 2.35. The van der Waals surface area contributed by atoms with Gasteiger partial charge in [-0.1, -0.05) is 29.3 Å². The van der Waals surface area contributed by atoms with Gasteiger partial charge < -0.3 is 19.5 Å². The Kier molecular flexibility index (Phi) is 5.87. The van der Waals surface area contributed by atoms with E-state index in [0.717, 1.165) is 10.8 Å². The topological polar surface area (TPSA) is 69.7 Å². The van der Waals surface area contributed by atoms with Crippen LogP contribution in [0.1, 0.15) is 16.3 Å². The number of fused-ring (bicyclic) bond motifs is 1. The third kappa shape index (κ3) is 4.99. The van der Waals surface area contributed by atoms with Crippen molar-refractivity contribution < 1.29 is 19.0 Å². The van der Waals surface area contributed by atoms with Gasteiger partial charge in [-0.2, -0.15) is 0 Å². The molecule has 1 amide bonds. The van der Waals surface area contributed by atoms with Gasteiger partial charge in [-0.15, -0.1) is 11.3 Å². The molecule has 150 valence electrons. The molecule has 0 unspecified atom stereocenters. The molecule has 8 heteroatoms. The van der Waals surface area contributed by atoms with Crippen LogP contribution in [0.4, 0.5) is 5.69 Å². The van der Waals surface area contributed by atoms with E-state index in [-0.39, 0.29) is 12.3 Å². The number of ether oxygens (including phenoxy) is 3. The lowest BCUT2D eigenvalue weighted by Crippen LogP contribution is -2.17. The van der Waals surface area contributed by atoms with E-state index in [2.05, 4.69) is 10.3 Å². The minimum Gasteiger partial charge on any atom is -0.486 e. The van der Waals surface area contributed by atoms with Crippen LogP contribution in [0.25, 0.3) is 0 Å². The second kappa shape index (κ2) is 8.71. The predicted molar refractivity (Wildman–Crippen MR) is 112 cm³/mol. The van der Waals surface area contributed by atoms with E-state index in [9.17, 15) is 4.79 Å². The van der Waals surface area contributed by atoms with Crippen LogP contribution in [-0.4, -0.2) is 24.1 Å². The Labute approximate surface area is 177 Å². The summed E-state index contributed by atoms with van der Waals surface area (Å²) in [7, 11) is 0. The first-order valence-electron chi connectivity index (χ1n) is 9.08. The number of amides is 1. The lowest BCUT2D eigenvalue weighted by atomic mass is 10.2. The molecule has 0 fully saturated rings. The smallest absolute Gasteiger partial charge is 0.230 e. The second-order valence-electron chi connectivity index (χ2n) is 6.53. The van der Waals surface area contributed by atoms with Crippen molar-refractivity contribution in [3.05, 3.63) is 63.1 Å². The zero-order valence-electron chi connectivity index (χ0n) is 15.7. The molecular weight excluding hydrogens is 412 g/mol. The largest absolute Gasteiger partial charge is 0.486 e. The number of anilines is 1. The van der Waals surface area contributed by atoms with E-state index < -0.39 is 0 Å². The molecule has 0 saturated heterocycles. The molecule has 1 aliphatic rings. The standard InChI is InChI=1S/C21H19ClN2O4S/c1-13-2-4-15(5-3-13)28-11-21-23-14(12-29-21)8-20(25)24-17-10-19-18(9-16(17)22)26-6-7-27-19/h2-5,9-10,12H,6-8,11H2,1H3,(H,24,25). The Balaban J connectivity index is 1.34. The molecule has 0 bridgehead atoms. The summed E-state index contributed by atoms with van der Waals surface area (Å²) in [4.78, 5) is 16.9. The van der Waals surface area contributed by atoms with Gasteiger partial charge >= 0.3 is 0 Å². The number of hydrogen-bond acceptors (Lipinski definition) is 6. The average Bonchev–Trinajstić information content (AvgIpc) is 3.15. The highest BCUT2D eigenvalue weighted by atomic mass is 35.5. The number of benzene rings is 2. The fourth-order valence-corrected chi connectivity index (χ4v) is 3.70. The number of carbonyl (C=O) groups is 1. The number of aromatic nitrogens is 1. The molecular formula is C21H19ClN2O4S. The Morgan fingerprint density at radius 2 is 1.93 bits per heavy atom. The van der Waals surface area contributed by atoms with Crippen LogP contribution in [0.5, 0.6) is 17.2 Å². The summed E-state index contributed by atoms with van der Waals surface area (Å²) in [6, 6.07) is 11.2. The SMILES string of the molecule is Cc1ccc(OCc2nc(CC(=O)Nc3cc4c(cc3Cl)OCCO4)cs2)cc1. The van der Waals surface area contributed by atoms with Gasteiger partial charge in [0.15, 0.2) is 11.5 Å². The molecule has 3 aromatic rings. The lowest BCUT2D eigenvalue weighted by molar-refractivity contribution is -0.115. The van der Waals surface area contributed by atoms with Crippen molar-refractivity contribution in [2.45, 2.75) is 20.0 Å². The first-order valence-corrected chi connectivity index (χ1v) is 10.3. The van der Waals surface area contributed by atoms with E-state index in [0.29, 0.717) is 47.7 Å². The van der Waals surface area contributed by atoms with Gasteiger partial charge in [0.25, 0.3) is 0 Å². The maximum absolute atomic E-state index is 12.4. The quantitative estimate of drug-likeness (QED) is 0.617. The van der Waals surface area contributed by atoms with E-state index in [1.165, 1.54) is 16.9 Å². The minimum atomic E-state index is -0.208. The van der Waals surface area contributed by atoms with Crippen molar-refractivity contribution >= 4 is 34.5 Å². The Morgan fingerprint density at radius 1 is 1.21 bits per heavy atom. The van der Waals surface area contributed by atoms with Crippen molar-refractivity contribution in [1.29, 1.82) is 0 Å². The van der Waals surface area contributed by atoms with Crippen LogP contribution in [0.3, 0.4) is 0 Å². The molecule has 0 spiro atoms. The van der Waals surface area contributed by atoms with Gasteiger partial charge in [-0.25, -0.2) is 4.98 Å². The molecule has 2 heterocycles. The van der Waals surface area contributed by atoms with Crippen molar-refractivity contribution in [3.63, 3.8) is 0 Å². The van der Waals surface area contributed by atoms with Gasteiger partial charge in [0.05, 0.1) is 22.8 Å². The number of nitrogens with one attached hydrogen (secondary N) is 1. The summed E-state index contributed by atoms with van der Waals surface area (Å²) in [6.45, 7) is 3.34. The van der Waals surface area contributed by atoms with Crippen LogP contribution in [0.2, 0.25) is 5.02 Å². The molecule has 29 heavy (non-hydrogen) atoms. The third-order valence-electron chi connectivity index (χ3n) is 4.23. The highest BCUT2D eigenvalue weighted by Gasteiger charge is 2.17. The second-order valence-corrected chi connectivity index (χ2v) is 7.88. The molecule has 0 aliphatic carbocycles. The number of hydrogen-bond donors (Lipinski definition) is 1. The molecule has 0 saturated carbocycles. The van der Waals surface area contributed by atoms with Crippen LogP contribution in [0.15, 0.2) is 41.8 Å². The zero-order valence-corrected chi connectivity index (χ0v) is 17.3. The monoisotopic (exact) mass is 430 g/mol. The molecule has 6 nitrogen and oxygen atoms in total. The van der Waals surface area contributed by atoms with Gasteiger partial charge in [0.1, 0.15) is 30.6 Å². The Hall–Kier alpha value is -2.77. The van der Waals surface area contributed by atoms with E-state index in [4.69, 9.17) is 25.8 Å². The number of halogens is 1. The highest BCUT2D eigenvalue weighted by molar-refractivity contribution is 7.09. The summed E-state index contributed by atoms with van der Waals surface area (Å²) in [6.07, 6.45) is 0.145. The maximum atomic E-state index is 12.4. The lowest BCUT2D eigenvalue weighted by Gasteiger charge is -2.19. The predicted octanol–water partition coefficient (Wildman–Crippen LogP) is 4.64. The average molecular weight is 431 g/mol. The van der Waals surface area contributed by atoms with Crippen molar-refractivity contribution in [2.24, 2.45) is 0 Å². The van der Waals surface area contributed by atoms with Crippen molar-refractivity contribution in [3.8, 4) is 17.2 Å². The maximum Gasteiger partial charge on any atom is 0.230 e. The first-order chi connectivity index (χ1) is 14.1.